The molecule has 0 fully saturated rings. The van der Waals surface area contributed by atoms with Crippen LogP contribution in [-0.2, 0) is 11.3 Å². The van der Waals surface area contributed by atoms with Gasteiger partial charge in [0.05, 0.1) is 12.2 Å². The van der Waals surface area contributed by atoms with Gasteiger partial charge in [-0.05, 0) is 45.0 Å². The van der Waals surface area contributed by atoms with Crippen molar-refractivity contribution in [3.8, 4) is 11.6 Å². The van der Waals surface area contributed by atoms with Gasteiger partial charge in [-0.2, -0.15) is 0 Å². The van der Waals surface area contributed by atoms with E-state index in [0.29, 0.717) is 23.9 Å². The molecule has 0 unspecified atom stereocenters. The standard InChI is InChI=1S/C19H22N4O3/c1-19(2,3)26-18(24)23(4)11-14-10-17(22-12-21-14)25-15-5-6-16-13(9-15)7-8-20-16/h5-10,12,20H,11H2,1-4H3. The molecule has 0 saturated carbocycles. The molecule has 2 heterocycles. The number of amides is 1. The van der Waals surface area contributed by atoms with Gasteiger partial charge in [-0.3, -0.25) is 0 Å². The van der Waals surface area contributed by atoms with E-state index >= 15 is 0 Å². The van der Waals surface area contributed by atoms with Crippen LogP contribution in [-0.4, -0.2) is 38.6 Å². The van der Waals surface area contributed by atoms with Gasteiger partial charge < -0.3 is 19.4 Å². The van der Waals surface area contributed by atoms with Crippen LogP contribution in [0.5, 0.6) is 11.6 Å². The molecule has 0 spiro atoms. The summed E-state index contributed by atoms with van der Waals surface area (Å²) in [7, 11) is 1.66. The molecule has 26 heavy (non-hydrogen) atoms. The number of rotatable bonds is 4. The van der Waals surface area contributed by atoms with Crippen molar-refractivity contribution in [1.29, 1.82) is 0 Å². The molecule has 0 aliphatic heterocycles. The maximum atomic E-state index is 12.1. The molecule has 1 N–H and O–H groups in total. The Kier molecular flexibility index (Phi) is 4.79. The zero-order valence-electron chi connectivity index (χ0n) is 15.3. The monoisotopic (exact) mass is 354 g/mol. The summed E-state index contributed by atoms with van der Waals surface area (Å²) < 4.78 is 11.2. The van der Waals surface area contributed by atoms with Gasteiger partial charge in [0.25, 0.3) is 0 Å². The molecule has 3 rings (SSSR count). The zero-order valence-corrected chi connectivity index (χ0v) is 15.3. The van der Waals surface area contributed by atoms with Crippen LogP contribution < -0.4 is 4.74 Å². The fourth-order valence-corrected chi connectivity index (χ4v) is 2.38. The largest absolute Gasteiger partial charge is 0.444 e. The number of benzene rings is 1. The lowest BCUT2D eigenvalue weighted by molar-refractivity contribution is 0.0283. The van der Waals surface area contributed by atoms with Crippen LogP contribution >= 0.6 is 0 Å². The summed E-state index contributed by atoms with van der Waals surface area (Å²) in [6, 6.07) is 9.43. The Bertz CT molecular complexity index is 914. The molecular formula is C19H22N4O3. The maximum absolute atomic E-state index is 12.1. The quantitative estimate of drug-likeness (QED) is 0.762. The fourth-order valence-electron chi connectivity index (χ4n) is 2.38. The van der Waals surface area contributed by atoms with Crippen molar-refractivity contribution in [2.45, 2.75) is 32.9 Å². The van der Waals surface area contributed by atoms with Crippen molar-refractivity contribution in [3.05, 3.63) is 48.5 Å². The van der Waals surface area contributed by atoms with Gasteiger partial charge >= 0.3 is 6.09 Å². The summed E-state index contributed by atoms with van der Waals surface area (Å²) in [6.45, 7) is 5.79. The molecular weight excluding hydrogens is 332 g/mol. The molecule has 7 nitrogen and oxygen atoms in total. The number of fused-ring (bicyclic) bond motifs is 1. The second kappa shape index (κ2) is 7.03. The highest BCUT2D eigenvalue weighted by Gasteiger charge is 2.20. The first-order valence-electron chi connectivity index (χ1n) is 8.30. The Balaban J connectivity index is 1.68. The predicted octanol–water partition coefficient (Wildman–Crippen LogP) is 4.12. The lowest BCUT2D eigenvalue weighted by atomic mass is 10.2. The van der Waals surface area contributed by atoms with Crippen LogP contribution in [0.2, 0.25) is 0 Å². The smallest absolute Gasteiger partial charge is 0.410 e. The highest BCUT2D eigenvalue weighted by molar-refractivity contribution is 5.80. The van der Waals surface area contributed by atoms with E-state index in [0.717, 1.165) is 10.9 Å². The van der Waals surface area contributed by atoms with Crippen LogP contribution in [0, 0.1) is 0 Å². The normalized spacial score (nSPS) is 11.4. The van der Waals surface area contributed by atoms with E-state index in [1.807, 2.05) is 51.2 Å². The van der Waals surface area contributed by atoms with Gasteiger partial charge in [-0.15, -0.1) is 0 Å². The minimum absolute atomic E-state index is 0.296. The van der Waals surface area contributed by atoms with E-state index < -0.39 is 11.7 Å². The maximum Gasteiger partial charge on any atom is 0.410 e. The van der Waals surface area contributed by atoms with Gasteiger partial charge in [0, 0.05) is 30.2 Å². The van der Waals surface area contributed by atoms with Gasteiger partial charge in [-0.25, -0.2) is 14.8 Å². The van der Waals surface area contributed by atoms with E-state index in [4.69, 9.17) is 9.47 Å². The van der Waals surface area contributed by atoms with Crippen molar-refractivity contribution >= 4 is 17.0 Å². The molecule has 1 amide bonds. The number of hydrogen-bond acceptors (Lipinski definition) is 5. The number of carbonyl (C=O) groups is 1. The first-order chi connectivity index (χ1) is 12.3. The molecule has 7 heteroatoms. The minimum atomic E-state index is -0.540. The first-order valence-corrected chi connectivity index (χ1v) is 8.30. The van der Waals surface area contributed by atoms with Gasteiger partial charge in [-0.1, -0.05) is 0 Å². The Morgan fingerprint density at radius 3 is 2.77 bits per heavy atom. The number of carbonyl (C=O) groups excluding carboxylic acids is 1. The van der Waals surface area contributed by atoms with Crippen molar-refractivity contribution in [2.75, 3.05) is 7.05 Å². The zero-order chi connectivity index (χ0) is 18.7. The molecule has 0 bridgehead atoms. The van der Waals surface area contributed by atoms with Crippen molar-refractivity contribution in [1.82, 2.24) is 19.9 Å². The summed E-state index contributed by atoms with van der Waals surface area (Å²) in [6.07, 6.45) is 2.89. The number of H-pyrrole nitrogens is 1. The van der Waals surface area contributed by atoms with E-state index in [-0.39, 0.29) is 0 Å². The molecule has 0 aliphatic carbocycles. The molecule has 3 aromatic rings. The molecule has 0 aliphatic rings. The number of nitrogens with one attached hydrogen (secondary N) is 1. The topological polar surface area (TPSA) is 80.3 Å². The molecule has 1 aromatic carbocycles. The van der Waals surface area contributed by atoms with Gasteiger partial charge in [0.15, 0.2) is 0 Å². The predicted molar refractivity (Wildman–Crippen MR) is 98.1 cm³/mol. The van der Waals surface area contributed by atoms with E-state index in [2.05, 4.69) is 15.0 Å². The summed E-state index contributed by atoms with van der Waals surface area (Å²) >= 11 is 0. The minimum Gasteiger partial charge on any atom is -0.444 e. The van der Waals surface area contributed by atoms with E-state index in [1.54, 1.807) is 13.1 Å². The summed E-state index contributed by atoms with van der Waals surface area (Å²) in [5.41, 5.74) is 1.16. The summed E-state index contributed by atoms with van der Waals surface area (Å²) in [4.78, 5) is 25.0. The van der Waals surface area contributed by atoms with E-state index in [1.165, 1.54) is 11.2 Å². The Morgan fingerprint density at radius 2 is 2.00 bits per heavy atom. The average molecular weight is 354 g/mol. The Hall–Kier alpha value is -3.09. The van der Waals surface area contributed by atoms with Crippen molar-refractivity contribution < 1.29 is 14.3 Å². The molecule has 0 atom stereocenters. The SMILES string of the molecule is CN(Cc1cc(Oc2ccc3[nH]ccc3c2)ncn1)C(=O)OC(C)(C)C. The number of hydrogen-bond donors (Lipinski definition) is 1. The molecule has 136 valence electrons. The van der Waals surface area contributed by atoms with Crippen LogP contribution in [0.1, 0.15) is 26.5 Å². The Morgan fingerprint density at radius 1 is 1.19 bits per heavy atom. The van der Waals surface area contributed by atoms with Crippen molar-refractivity contribution in [3.63, 3.8) is 0 Å². The van der Waals surface area contributed by atoms with Crippen LogP contribution in [0.4, 0.5) is 4.79 Å². The molecule has 0 saturated heterocycles. The number of aromatic amines is 1. The number of ether oxygens (including phenoxy) is 2. The Labute approximate surface area is 152 Å². The second-order valence-electron chi connectivity index (χ2n) is 7.01. The average Bonchev–Trinajstić information content (AvgIpc) is 3.01. The summed E-state index contributed by atoms with van der Waals surface area (Å²) in [5, 5.41) is 1.06. The van der Waals surface area contributed by atoms with Crippen LogP contribution in [0.3, 0.4) is 0 Å². The van der Waals surface area contributed by atoms with Crippen LogP contribution in [0.15, 0.2) is 42.9 Å². The lowest BCUT2D eigenvalue weighted by Gasteiger charge is -2.24. The highest BCUT2D eigenvalue weighted by Crippen LogP contribution is 2.24. The van der Waals surface area contributed by atoms with E-state index in [9.17, 15) is 4.79 Å². The number of aromatic nitrogens is 3. The summed E-state index contributed by atoms with van der Waals surface area (Å²) in [5.74, 6) is 1.10. The van der Waals surface area contributed by atoms with Gasteiger partial charge in [0.1, 0.15) is 17.7 Å². The highest BCUT2D eigenvalue weighted by atomic mass is 16.6. The molecule has 0 radical (unpaired) electrons. The third-order valence-corrected chi connectivity index (χ3v) is 3.55. The lowest BCUT2D eigenvalue weighted by Crippen LogP contribution is -2.34. The third kappa shape index (κ3) is 4.50. The third-order valence-electron chi connectivity index (χ3n) is 3.55. The van der Waals surface area contributed by atoms with Gasteiger partial charge in [0.2, 0.25) is 5.88 Å². The number of nitrogens with zero attached hydrogens (tertiary/aromatic N) is 3. The fraction of sp³-hybridized carbons (Fsp3) is 0.316. The van der Waals surface area contributed by atoms with Crippen LogP contribution in [0.25, 0.3) is 10.9 Å². The molecule has 2 aromatic heterocycles. The second-order valence-corrected chi connectivity index (χ2v) is 7.01. The first kappa shape index (κ1) is 17.7. The van der Waals surface area contributed by atoms with Crippen molar-refractivity contribution in [2.24, 2.45) is 0 Å².